The van der Waals surface area contributed by atoms with E-state index >= 15 is 0 Å². The van der Waals surface area contributed by atoms with E-state index in [0.29, 0.717) is 6.42 Å². The predicted molar refractivity (Wildman–Crippen MR) is 163 cm³/mol. The minimum atomic E-state index is -1.60. The van der Waals surface area contributed by atoms with Crippen molar-refractivity contribution in [3.05, 3.63) is 0 Å². The summed E-state index contributed by atoms with van der Waals surface area (Å²) in [5, 5.41) is 64.3. The second-order valence-corrected chi connectivity index (χ2v) is 12.1. The fourth-order valence-electron chi connectivity index (χ4n) is 5.43. The van der Waals surface area contributed by atoms with Crippen LogP contribution >= 0.6 is 0 Å². The Morgan fingerprint density at radius 1 is 0.738 bits per heavy atom. The van der Waals surface area contributed by atoms with Crippen LogP contribution in [-0.4, -0.2) is 98.7 Å². The van der Waals surface area contributed by atoms with Crippen molar-refractivity contribution in [3.63, 3.8) is 0 Å². The topological polar surface area (TPSA) is 169 Å². The third-order valence-corrected chi connectivity index (χ3v) is 8.30. The molecule has 0 spiro atoms. The Labute approximate surface area is 254 Å². The van der Waals surface area contributed by atoms with Crippen molar-refractivity contribution >= 4 is 5.91 Å². The van der Waals surface area contributed by atoms with Gasteiger partial charge in [-0.3, -0.25) is 4.79 Å². The smallest absolute Gasteiger partial charge is 0.220 e. The van der Waals surface area contributed by atoms with Crippen LogP contribution in [0.2, 0.25) is 0 Å². The molecule has 0 saturated carbocycles. The van der Waals surface area contributed by atoms with Gasteiger partial charge in [0.15, 0.2) is 6.29 Å². The summed E-state index contributed by atoms with van der Waals surface area (Å²) < 4.78 is 11.0. The number of unbranched alkanes of at least 4 members (excludes halogenated alkanes) is 15. The Balaban J connectivity index is 2.59. The van der Waals surface area contributed by atoms with Crippen LogP contribution in [0.4, 0.5) is 0 Å². The molecule has 250 valence electrons. The quantitative estimate of drug-likeness (QED) is 0.0730. The molecule has 1 aliphatic rings. The van der Waals surface area contributed by atoms with E-state index in [0.717, 1.165) is 51.4 Å². The standard InChI is InChI=1S/C32H63NO9/c1-3-5-7-9-11-13-15-17-19-21-27(36)33-24(23-41-32-31(40)30(39)29(38)26(22-34)42-32)28(37)25(35)20-18-16-14-12-10-8-6-4-2/h24-26,28-32,34-35,37-40H,3-23H2,1-2H3,(H,33,36)/t24-,25+,26+,28-,29-,30?,31?,32+/m0/s1. The zero-order valence-corrected chi connectivity index (χ0v) is 26.4. The van der Waals surface area contributed by atoms with E-state index in [1.807, 2.05) is 0 Å². The van der Waals surface area contributed by atoms with Gasteiger partial charge < -0.3 is 45.4 Å². The lowest BCUT2D eigenvalue weighted by Crippen LogP contribution is -2.60. The first-order chi connectivity index (χ1) is 20.3. The van der Waals surface area contributed by atoms with E-state index in [4.69, 9.17) is 9.47 Å². The predicted octanol–water partition coefficient (Wildman–Crippen LogP) is 3.46. The molecule has 0 aromatic carbocycles. The molecule has 7 N–H and O–H groups in total. The highest BCUT2D eigenvalue weighted by molar-refractivity contribution is 5.76. The maximum absolute atomic E-state index is 12.8. The van der Waals surface area contributed by atoms with Crippen LogP contribution in [-0.2, 0) is 14.3 Å². The first-order valence-corrected chi connectivity index (χ1v) is 16.8. The van der Waals surface area contributed by atoms with E-state index in [1.165, 1.54) is 57.8 Å². The molecular formula is C32H63NO9. The molecule has 10 heteroatoms. The monoisotopic (exact) mass is 605 g/mol. The number of aliphatic hydroxyl groups excluding tert-OH is 6. The molecular weight excluding hydrogens is 542 g/mol. The lowest BCUT2D eigenvalue weighted by Gasteiger charge is -2.40. The van der Waals surface area contributed by atoms with Crippen molar-refractivity contribution in [2.24, 2.45) is 0 Å². The van der Waals surface area contributed by atoms with Crippen molar-refractivity contribution in [3.8, 4) is 0 Å². The van der Waals surface area contributed by atoms with E-state index < -0.39 is 55.6 Å². The number of hydrogen-bond donors (Lipinski definition) is 7. The van der Waals surface area contributed by atoms with Crippen molar-refractivity contribution in [2.75, 3.05) is 13.2 Å². The van der Waals surface area contributed by atoms with E-state index in [-0.39, 0.29) is 18.9 Å². The maximum atomic E-state index is 12.8. The van der Waals surface area contributed by atoms with Crippen LogP contribution in [0.25, 0.3) is 0 Å². The van der Waals surface area contributed by atoms with Gasteiger partial charge in [-0.15, -0.1) is 0 Å². The molecule has 0 aromatic heterocycles. The fourth-order valence-corrected chi connectivity index (χ4v) is 5.43. The third kappa shape index (κ3) is 16.3. The number of nitrogens with one attached hydrogen (secondary N) is 1. The normalized spacial score (nSPS) is 24.8. The number of carbonyl (C=O) groups is 1. The summed E-state index contributed by atoms with van der Waals surface area (Å²) >= 11 is 0. The van der Waals surface area contributed by atoms with Gasteiger partial charge in [0.25, 0.3) is 0 Å². The average Bonchev–Trinajstić information content (AvgIpc) is 2.98. The van der Waals surface area contributed by atoms with Crippen LogP contribution in [0.5, 0.6) is 0 Å². The van der Waals surface area contributed by atoms with Gasteiger partial charge in [0.05, 0.1) is 25.4 Å². The van der Waals surface area contributed by atoms with E-state index in [1.54, 1.807) is 0 Å². The van der Waals surface area contributed by atoms with Gasteiger partial charge in [-0.1, -0.05) is 117 Å². The van der Waals surface area contributed by atoms with Crippen LogP contribution in [0, 0.1) is 0 Å². The second-order valence-electron chi connectivity index (χ2n) is 12.1. The molecule has 0 radical (unpaired) electrons. The van der Waals surface area contributed by atoms with Crippen LogP contribution in [0.3, 0.4) is 0 Å². The van der Waals surface area contributed by atoms with Crippen LogP contribution in [0.1, 0.15) is 136 Å². The summed E-state index contributed by atoms with van der Waals surface area (Å²) in [6.45, 7) is 3.49. The van der Waals surface area contributed by atoms with Gasteiger partial charge in [0, 0.05) is 6.42 Å². The lowest BCUT2D eigenvalue weighted by atomic mass is 9.98. The molecule has 1 amide bonds. The van der Waals surface area contributed by atoms with Gasteiger partial charge in [-0.25, -0.2) is 0 Å². The Morgan fingerprint density at radius 2 is 1.24 bits per heavy atom. The second kappa shape index (κ2) is 24.5. The number of rotatable bonds is 26. The molecule has 0 aliphatic carbocycles. The van der Waals surface area contributed by atoms with Crippen molar-refractivity contribution in [1.82, 2.24) is 5.32 Å². The van der Waals surface area contributed by atoms with Crippen LogP contribution in [0.15, 0.2) is 0 Å². The molecule has 10 nitrogen and oxygen atoms in total. The van der Waals surface area contributed by atoms with Gasteiger partial charge in [-0.05, 0) is 12.8 Å². The molecule has 42 heavy (non-hydrogen) atoms. The molecule has 1 heterocycles. The summed E-state index contributed by atoms with van der Waals surface area (Å²) in [6, 6.07) is -0.979. The first kappa shape index (κ1) is 39.2. The highest BCUT2D eigenvalue weighted by Gasteiger charge is 2.44. The summed E-state index contributed by atoms with van der Waals surface area (Å²) in [5.74, 6) is -0.265. The molecule has 0 aromatic rings. The largest absolute Gasteiger partial charge is 0.394 e. The number of aliphatic hydroxyl groups is 6. The van der Waals surface area contributed by atoms with Crippen molar-refractivity contribution in [2.45, 2.75) is 185 Å². The number of hydrogen-bond acceptors (Lipinski definition) is 9. The van der Waals surface area contributed by atoms with Gasteiger partial charge in [-0.2, -0.15) is 0 Å². The fraction of sp³-hybridized carbons (Fsp3) is 0.969. The molecule has 1 aliphatic heterocycles. The van der Waals surface area contributed by atoms with Gasteiger partial charge in [0.2, 0.25) is 5.91 Å². The average molecular weight is 606 g/mol. The van der Waals surface area contributed by atoms with Gasteiger partial charge in [0.1, 0.15) is 30.5 Å². The first-order valence-electron chi connectivity index (χ1n) is 16.8. The minimum absolute atomic E-state index is 0.265. The van der Waals surface area contributed by atoms with Crippen molar-refractivity contribution < 1.29 is 44.9 Å². The number of amides is 1. The molecule has 1 rings (SSSR count). The Hall–Kier alpha value is -0.850. The number of ether oxygens (including phenoxy) is 2. The van der Waals surface area contributed by atoms with Crippen molar-refractivity contribution in [1.29, 1.82) is 0 Å². The molecule has 1 saturated heterocycles. The highest BCUT2D eigenvalue weighted by atomic mass is 16.7. The molecule has 2 unspecified atom stereocenters. The summed E-state index contributed by atoms with van der Waals surface area (Å²) in [4.78, 5) is 12.8. The summed E-state index contributed by atoms with van der Waals surface area (Å²) in [7, 11) is 0. The molecule has 0 bridgehead atoms. The minimum Gasteiger partial charge on any atom is -0.394 e. The molecule has 1 fully saturated rings. The summed E-state index contributed by atoms with van der Waals surface area (Å²) in [5.41, 5.74) is 0. The van der Waals surface area contributed by atoms with Crippen LogP contribution < -0.4 is 5.32 Å². The Bertz CT molecular complexity index is 653. The Kier molecular flexibility index (Phi) is 22.8. The van der Waals surface area contributed by atoms with E-state index in [2.05, 4.69) is 19.2 Å². The zero-order valence-electron chi connectivity index (χ0n) is 26.4. The van der Waals surface area contributed by atoms with Gasteiger partial charge >= 0.3 is 0 Å². The Morgan fingerprint density at radius 3 is 1.76 bits per heavy atom. The number of carbonyl (C=O) groups excluding carboxylic acids is 1. The van der Waals surface area contributed by atoms with E-state index in [9.17, 15) is 35.4 Å². The zero-order chi connectivity index (χ0) is 31.2. The third-order valence-electron chi connectivity index (χ3n) is 8.30. The highest BCUT2D eigenvalue weighted by Crippen LogP contribution is 2.23. The SMILES string of the molecule is CCCCCCCCCCCC(=O)N[C@@H](CO[C@@H]1O[C@H](CO)[C@H](O)C(O)C1O)[C@H](O)[C@H](O)CCCCCCCCCC. The maximum Gasteiger partial charge on any atom is 0.220 e. The lowest BCUT2D eigenvalue weighted by molar-refractivity contribution is -0.303. The summed E-state index contributed by atoms with van der Waals surface area (Å²) in [6.07, 6.45) is 10.0. The molecule has 8 atom stereocenters.